The summed E-state index contributed by atoms with van der Waals surface area (Å²) in [6.07, 6.45) is 0.198. The van der Waals surface area contributed by atoms with Crippen LogP contribution in [0.15, 0.2) is 34.9 Å². The lowest BCUT2D eigenvalue weighted by molar-refractivity contribution is -0.115. The zero-order valence-corrected chi connectivity index (χ0v) is 13.9. The number of nitrogens with one attached hydrogen (secondary N) is 1. The summed E-state index contributed by atoms with van der Waals surface area (Å²) in [6.45, 7) is 8.10. The van der Waals surface area contributed by atoms with Crippen LogP contribution in [0.3, 0.4) is 0 Å². The van der Waals surface area contributed by atoms with Gasteiger partial charge in [-0.3, -0.25) is 4.79 Å². The number of hydrogen-bond acceptors (Lipinski definition) is 3. The van der Waals surface area contributed by atoms with Crippen molar-refractivity contribution in [2.45, 2.75) is 34.1 Å². The summed E-state index contributed by atoms with van der Waals surface area (Å²) in [5, 5.41) is 7.93. The fourth-order valence-corrected chi connectivity index (χ4v) is 2.82. The van der Waals surface area contributed by atoms with Crippen molar-refractivity contribution < 1.29 is 9.32 Å². The summed E-state index contributed by atoms with van der Waals surface area (Å²) in [7, 11) is 0. The van der Waals surface area contributed by atoms with Crippen molar-refractivity contribution in [2.75, 3.05) is 5.32 Å². The van der Waals surface area contributed by atoms with E-state index in [1.807, 2.05) is 52.0 Å². The van der Waals surface area contributed by atoms with Crippen LogP contribution in [-0.4, -0.2) is 11.1 Å². The molecule has 0 aliphatic carbocycles. The predicted molar refractivity (Wildman–Crippen MR) is 91.7 cm³/mol. The maximum atomic E-state index is 12.3. The average Bonchev–Trinajstić information content (AvgIpc) is 2.85. The molecule has 4 heteroatoms. The normalized spacial score (nSPS) is 11.0. The molecule has 3 aromatic rings. The van der Waals surface area contributed by atoms with Gasteiger partial charge in [0, 0.05) is 11.1 Å². The molecule has 4 nitrogen and oxygen atoms in total. The van der Waals surface area contributed by atoms with Crippen LogP contribution in [-0.2, 0) is 11.2 Å². The average molecular weight is 308 g/mol. The second kappa shape index (κ2) is 5.88. The summed E-state index contributed by atoms with van der Waals surface area (Å²) < 4.78 is 5.37. The van der Waals surface area contributed by atoms with Crippen LogP contribution in [0.25, 0.3) is 11.0 Å². The van der Waals surface area contributed by atoms with Gasteiger partial charge in [0.25, 0.3) is 0 Å². The number of carbonyl (C=O) groups is 1. The van der Waals surface area contributed by atoms with Gasteiger partial charge in [0.2, 0.25) is 5.91 Å². The van der Waals surface area contributed by atoms with Crippen molar-refractivity contribution in [3.05, 3.63) is 58.3 Å². The van der Waals surface area contributed by atoms with Crippen LogP contribution >= 0.6 is 0 Å². The van der Waals surface area contributed by atoms with E-state index in [0.717, 1.165) is 33.3 Å². The van der Waals surface area contributed by atoms with Crippen molar-refractivity contribution in [3.63, 3.8) is 0 Å². The summed E-state index contributed by atoms with van der Waals surface area (Å²) >= 11 is 0. The van der Waals surface area contributed by atoms with Gasteiger partial charge < -0.3 is 9.84 Å². The molecular formula is C19H20N2O2. The van der Waals surface area contributed by atoms with E-state index in [4.69, 9.17) is 4.52 Å². The molecule has 0 spiro atoms. The Morgan fingerprint density at radius 3 is 2.57 bits per heavy atom. The Morgan fingerprint density at radius 2 is 1.83 bits per heavy atom. The Morgan fingerprint density at radius 1 is 1.04 bits per heavy atom. The largest absolute Gasteiger partial charge is 0.356 e. The molecule has 23 heavy (non-hydrogen) atoms. The van der Waals surface area contributed by atoms with Crippen molar-refractivity contribution in [1.29, 1.82) is 0 Å². The molecule has 1 amide bonds. The van der Waals surface area contributed by atoms with E-state index < -0.39 is 0 Å². The van der Waals surface area contributed by atoms with E-state index in [1.54, 1.807) is 0 Å². The number of nitrogens with zero attached hydrogens (tertiary/aromatic N) is 1. The van der Waals surface area contributed by atoms with Gasteiger partial charge in [-0.1, -0.05) is 17.3 Å². The van der Waals surface area contributed by atoms with Crippen LogP contribution in [0, 0.1) is 27.7 Å². The van der Waals surface area contributed by atoms with Gasteiger partial charge in [0.05, 0.1) is 6.42 Å². The Labute approximate surface area is 135 Å². The molecule has 1 aromatic heterocycles. The number of carbonyl (C=O) groups excluding carboxylic acids is 1. The fourth-order valence-electron chi connectivity index (χ4n) is 2.82. The maximum Gasteiger partial charge on any atom is 0.230 e. The third-order valence-electron chi connectivity index (χ3n) is 4.11. The summed E-state index contributed by atoms with van der Waals surface area (Å²) in [6, 6.07) is 9.91. The third-order valence-corrected chi connectivity index (χ3v) is 4.11. The monoisotopic (exact) mass is 308 g/mol. The first-order valence-corrected chi connectivity index (χ1v) is 7.66. The second-order valence-electron chi connectivity index (χ2n) is 6.11. The lowest BCUT2D eigenvalue weighted by atomic mass is 10.0. The smallest absolute Gasteiger partial charge is 0.230 e. The number of hydrogen-bond donors (Lipinski definition) is 1. The predicted octanol–water partition coefficient (Wildman–Crippen LogP) is 4.24. The second-order valence-corrected chi connectivity index (χ2v) is 6.11. The highest BCUT2D eigenvalue weighted by molar-refractivity contribution is 5.95. The minimum atomic E-state index is -0.0940. The number of rotatable bonds is 3. The van der Waals surface area contributed by atoms with Gasteiger partial charge >= 0.3 is 0 Å². The molecule has 0 unspecified atom stereocenters. The van der Waals surface area contributed by atoms with E-state index in [1.165, 1.54) is 5.56 Å². The SMILES string of the molecule is Cc1cc(C)c2c(CC(=O)Nc3ccc(C)c(C)c3)noc2c1. The zero-order chi connectivity index (χ0) is 16.6. The highest BCUT2D eigenvalue weighted by Gasteiger charge is 2.15. The van der Waals surface area contributed by atoms with Crippen LogP contribution < -0.4 is 5.32 Å². The molecule has 118 valence electrons. The van der Waals surface area contributed by atoms with Gasteiger partial charge in [-0.2, -0.15) is 0 Å². The van der Waals surface area contributed by atoms with E-state index in [2.05, 4.69) is 16.5 Å². The summed E-state index contributed by atoms with van der Waals surface area (Å²) in [5.41, 5.74) is 6.78. The quantitative estimate of drug-likeness (QED) is 0.787. The lowest BCUT2D eigenvalue weighted by Gasteiger charge is -2.07. The van der Waals surface area contributed by atoms with Crippen molar-refractivity contribution in [3.8, 4) is 0 Å². The number of aromatic nitrogens is 1. The molecule has 1 N–H and O–H groups in total. The topological polar surface area (TPSA) is 55.1 Å². The van der Waals surface area contributed by atoms with E-state index in [-0.39, 0.29) is 12.3 Å². The van der Waals surface area contributed by atoms with Crippen LogP contribution in [0.2, 0.25) is 0 Å². The van der Waals surface area contributed by atoms with Gasteiger partial charge in [-0.15, -0.1) is 0 Å². The molecular weight excluding hydrogens is 288 g/mol. The van der Waals surface area contributed by atoms with E-state index >= 15 is 0 Å². The first kappa shape index (κ1) is 15.3. The Balaban J connectivity index is 1.81. The number of anilines is 1. The minimum Gasteiger partial charge on any atom is -0.356 e. The Bertz CT molecular complexity index is 894. The highest BCUT2D eigenvalue weighted by atomic mass is 16.5. The lowest BCUT2D eigenvalue weighted by Crippen LogP contribution is -2.15. The first-order valence-electron chi connectivity index (χ1n) is 7.66. The highest BCUT2D eigenvalue weighted by Crippen LogP contribution is 2.24. The molecule has 2 aromatic carbocycles. The molecule has 0 fully saturated rings. The Hall–Kier alpha value is -2.62. The number of amides is 1. The van der Waals surface area contributed by atoms with Crippen LogP contribution in [0.5, 0.6) is 0 Å². The third kappa shape index (κ3) is 3.11. The van der Waals surface area contributed by atoms with Crippen LogP contribution in [0.1, 0.15) is 27.9 Å². The molecule has 0 atom stereocenters. The number of aryl methyl sites for hydroxylation is 4. The minimum absolute atomic E-state index is 0.0940. The molecule has 0 saturated heterocycles. The molecule has 0 radical (unpaired) electrons. The van der Waals surface area contributed by atoms with E-state index in [0.29, 0.717) is 5.69 Å². The summed E-state index contributed by atoms with van der Waals surface area (Å²) in [4.78, 5) is 12.3. The van der Waals surface area contributed by atoms with Crippen molar-refractivity contribution in [1.82, 2.24) is 5.16 Å². The molecule has 0 aliphatic rings. The maximum absolute atomic E-state index is 12.3. The van der Waals surface area contributed by atoms with Gasteiger partial charge in [-0.25, -0.2) is 0 Å². The van der Waals surface area contributed by atoms with Gasteiger partial charge in [-0.05, 0) is 68.1 Å². The molecule has 3 rings (SSSR count). The van der Waals surface area contributed by atoms with Gasteiger partial charge in [0.15, 0.2) is 5.58 Å². The zero-order valence-electron chi connectivity index (χ0n) is 13.9. The summed E-state index contributed by atoms with van der Waals surface area (Å²) in [5.74, 6) is -0.0940. The number of fused-ring (bicyclic) bond motifs is 1. The molecule has 1 heterocycles. The van der Waals surface area contributed by atoms with Crippen molar-refractivity contribution in [2.24, 2.45) is 0 Å². The van der Waals surface area contributed by atoms with Gasteiger partial charge in [0.1, 0.15) is 5.69 Å². The number of benzene rings is 2. The molecule has 0 saturated carbocycles. The Kier molecular flexibility index (Phi) is 3.90. The molecule has 0 aliphatic heterocycles. The first-order chi connectivity index (χ1) is 10.9. The fraction of sp³-hybridized carbons (Fsp3) is 0.263. The van der Waals surface area contributed by atoms with E-state index in [9.17, 15) is 4.79 Å². The van der Waals surface area contributed by atoms with Crippen LogP contribution in [0.4, 0.5) is 5.69 Å². The van der Waals surface area contributed by atoms with Crippen molar-refractivity contribution >= 4 is 22.6 Å². The standard InChI is InChI=1S/C19H20N2O2/c1-11-7-14(4)19-16(21-23-17(19)8-11)10-18(22)20-15-6-5-12(2)13(3)9-15/h5-9H,10H2,1-4H3,(H,20,22). The molecule has 0 bridgehead atoms.